The van der Waals surface area contributed by atoms with E-state index in [1.54, 1.807) is 0 Å². The summed E-state index contributed by atoms with van der Waals surface area (Å²) in [6, 6.07) is 3.96. The zero-order valence-corrected chi connectivity index (χ0v) is 8.83. The van der Waals surface area contributed by atoms with Crippen LogP contribution in [0.2, 0.25) is 5.02 Å². The number of aromatic amines is 1. The molecule has 0 aliphatic carbocycles. The number of aryl methyl sites for hydroxylation is 1. The Morgan fingerprint density at radius 2 is 2.17 bits per heavy atom. The van der Waals surface area contributed by atoms with Crippen LogP contribution in [-0.2, 0) is 0 Å². The first kappa shape index (κ1) is 8.14. The van der Waals surface area contributed by atoms with Gasteiger partial charge in [0.1, 0.15) is 0 Å². The zero-order chi connectivity index (χ0) is 8.72. The van der Waals surface area contributed by atoms with E-state index in [4.69, 9.17) is 11.6 Å². The summed E-state index contributed by atoms with van der Waals surface area (Å²) in [4.78, 5) is 3.15. The summed E-state index contributed by atoms with van der Waals surface area (Å²) >= 11 is 9.32. The first-order valence-electron chi connectivity index (χ1n) is 3.61. The third-order valence-corrected chi connectivity index (χ3v) is 3.13. The van der Waals surface area contributed by atoms with Gasteiger partial charge >= 0.3 is 0 Å². The predicted octanol–water partition coefficient (Wildman–Crippen LogP) is 3.89. The van der Waals surface area contributed by atoms with E-state index >= 15 is 0 Å². The highest BCUT2D eigenvalue weighted by Gasteiger charge is 2.03. The number of rotatable bonds is 0. The summed E-state index contributed by atoms with van der Waals surface area (Å²) < 4.78 is 0.944. The van der Waals surface area contributed by atoms with E-state index in [9.17, 15) is 0 Å². The highest BCUT2D eigenvalue weighted by molar-refractivity contribution is 9.10. The summed E-state index contributed by atoms with van der Waals surface area (Å²) in [5, 5.41) is 1.95. The second kappa shape index (κ2) is 2.79. The molecule has 12 heavy (non-hydrogen) atoms. The van der Waals surface area contributed by atoms with E-state index in [2.05, 4.69) is 27.8 Å². The molecule has 1 aromatic heterocycles. The van der Waals surface area contributed by atoms with E-state index in [-0.39, 0.29) is 0 Å². The first-order chi connectivity index (χ1) is 5.68. The molecule has 0 amide bonds. The fourth-order valence-corrected chi connectivity index (χ4v) is 1.76. The molecule has 1 aromatic carbocycles. The second-order valence-electron chi connectivity index (χ2n) is 2.78. The quantitative estimate of drug-likeness (QED) is 0.724. The number of H-pyrrole nitrogens is 1. The van der Waals surface area contributed by atoms with E-state index in [1.165, 1.54) is 10.9 Å². The molecule has 0 saturated heterocycles. The largest absolute Gasteiger partial charge is 0.361 e. The number of aromatic nitrogens is 1. The van der Waals surface area contributed by atoms with Crippen molar-refractivity contribution in [3.05, 3.63) is 33.4 Å². The summed E-state index contributed by atoms with van der Waals surface area (Å²) in [6.45, 7) is 2.07. The van der Waals surface area contributed by atoms with E-state index in [1.807, 2.05) is 18.3 Å². The van der Waals surface area contributed by atoms with Crippen LogP contribution in [0.3, 0.4) is 0 Å². The number of halogens is 2. The Morgan fingerprint density at radius 3 is 2.92 bits per heavy atom. The molecule has 0 spiro atoms. The Labute approximate surface area is 83.9 Å². The molecular weight excluding hydrogens is 237 g/mol. The first-order valence-corrected chi connectivity index (χ1v) is 4.78. The Bertz CT molecular complexity index is 433. The van der Waals surface area contributed by atoms with Crippen molar-refractivity contribution in [2.24, 2.45) is 0 Å². The normalized spacial score (nSPS) is 10.9. The van der Waals surface area contributed by atoms with Gasteiger partial charge in [0.25, 0.3) is 0 Å². The fraction of sp³-hybridized carbons (Fsp3) is 0.111. The van der Waals surface area contributed by atoms with Crippen molar-refractivity contribution >= 4 is 38.4 Å². The predicted molar refractivity (Wildman–Crippen MR) is 55.7 cm³/mol. The van der Waals surface area contributed by atoms with Crippen LogP contribution in [0.25, 0.3) is 10.9 Å². The molecule has 0 fully saturated rings. The van der Waals surface area contributed by atoms with Gasteiger partial charge in [0.2, 0.25) is 0 Å². The molecule has 0 unspecified atom stereocenters. The number of benzene rings is 1. The minimum atomic E-state index is 0.740. The molecular formula is C9H7BrClN. The molecule has 0 atom stereocenters. The molecule has 0 saturated carbocycles. The van der Waals surface area contributed by atoms with Crippen LogP contribution in [-0.4, -0.2) is 4.98 Å². The monoisotopic (exact) mass is 243 g/mol. The highest BCUT2D eigenvalue weighted by Crippen LogP contribution is 2.29. The molecule has 2 rings (SSSR count). The van der Waals surface area contributed by atoms with Crippen molar-refractivity contribution < 1.29 is 0 Å². The molecule has 0 bridgehead atoms. The van der Waals surface area contributed by atoms with Crippen molar-refractivity contribution in [1.29, 1.82) is 0 Å². The van der Waals surface area contributed by atoms with Gasteiger partial charge in [-0.3, -0.25) is 0 Å². The van der Waals surface area contributed by atoms with Crippen LogP contribution in [0.1, 0.15) is 5.56 Å². The summed E-state index contributed by atoms with van der Waals surface area (Å²) in [5.41, 5.74) is 2.32. The molecule has 0 aliphatic heterocycles. The SMILES string of the molecule is Cc1c[nH]c2cc(Cl)c(Br)cc12. The zero-order valence-electron chi connectivity index (χ0n) is 6.49. The summed E-state index contributed by atoms with van der Waals surface area (Å²) in [6.07, 6.45) is 1.98. The number of nitrogens with one attached hydrogen (secondary N) is 1. The Morgan fingerprint density at radius 1 is 1.42 bits per heavy atom. The Kier molecular flexibility index (Phi) is 1.89. The van der Waals surface area contributed by atoms with Gasteiger partial charge in [0, 0.05) is 21.6 Å². The average Bonchev–Trinajstić information content (AvgIpc) is 2.35. The van der Waals surface area contributed by atoms with Crippen molar-refractivity contribution in [3.8, 4) is 0 Å². The van der Waals surface area contributed by atoms with Gasteiger partial charge in [-0.05, 0) is 40.5 Å². The second-order valence-corrected chi connectivity index (χ2v) is 4.05. The standard InChI is InChI=1S/C9H7BrClN/c1-5-4-12-9-3-8(11)7(10)2-6(5)9/h2-4,12H,1H3. The average molecular weight is 245 g/mol. The number of hydrogen-bond acceptors (Lipinski definition) is 0. The van der Waals surface area contributed by atoms with Gasteiger partial charge in [-0.2, -0.15) is 0 Å². The highest BCUT2D eigenvalue weighted by atomic mass is 79.9. The van der Waals surface area contributed by atoms with Crippen LogP contribution >= 0.6 is 27.5 Å². The summed E-state index contributed by atoms with van der Waals surface area (Å²) in [5.74, 6) is 0. The fourth-order valence-electron chi connectivity index (χ4n) is 1.26. The van der Waals surface area contributed by atoms with Gasteiger partial charge in [-0.15, -0.1) is 0 Å². The number of hydrogen-bond donors (Lipinski definition) is 1. The molecule has 1 N–H and O–H groups in total. The Balaban J connectivity index is 2.87. The van der Waals surface area contributed by atoms with Crippen molar-refractivity contribution in [2.75, 3.05) is 0 Å². The van der Waals surface area contributed by atoms with Crippen molar-refractivity contribution in [3.63, 3.8) is 0 Å². The maximum absolute atomic E-state index is 5.93. The van der Waals surface area contributed by atoms with Gasteiger partial charge in [0.05, 0.1) is 5.02 Å². The van der Waals surface area contributed by atoms with Crippen molar-refractivity contribution in [2.45, 2.75) is 6.92 Å². The van der Waals surface area contributed by atoms with Crippen LogP contribution in [0.4, 0.5) is 0 Å². The van der Waals surface area contributed by atoms with Crippen LogP contribution in [0.5, 0.6) is 0 Å². The maximum Gasteiger partial charge on any atom is 0.0569 e. The number of fused-ring (bicyclic) bond motifs is 1. The van der Waals surface area contributed by atoms with E-state index in [0.29, 0.717) is 0 Å². The molecule has 0 aliphatic rings. The lowest BCUT2D eigenvalue weighted by molar-refractivity contribution is 1.43. The molecule has 1 heterocycles. The molecule has 2 aromatic rings. The minimum absolute atomic E-state index is 0.740. The lowest BCUT2D eigenvalue weighted by atomic mass is 10.2. The van der Waals surface area contributed by atoms with E-state index < -0.39 is 0 Å². The third kappa shape index (κ3) is 1.15. The van der Waals surface area contributed by atoms with Crippen molar-refractivity contribution in [1.82, 2.24) is 4.98 Å². The van der Waals surface area contributed by atoms with Crippen LogP contribution in [0, 0.1) is 6.92 Å². The topological polar surface area (TPSA) is 15.8 Å². The van der Waals surface area contributed by atoms with Gasteiger partial charge < -0.3 is 4.98 Å². The molecule has 1 nitrogen and oxygen atoms in total. The molecule has 3 heteroatoms. The van der Waals surface area contributed by atoms with Gasteiger partial charge in [0.15, 0.2) is 0 Å². The third-order valence-electron chi connectivity index (χ3n) is 1.93. The van der Waals surface area contributed by atoms with Crippen LogP contribution < -0.4 is 0 Å². The lowest BCUT2D eigenvalue weighted by Gasteiger charge is -1.96. The Hall–Kier alpha value is -0.470. The van der Waals surface area contributed by atoms with Gasteiger partial charge in [-0.1, -0.05) is 11.6 Å². The molecule has 62 valence electrons. The molecule has 0 radical (unpaired) electrons. The minimum Gasteiger partial charge on any atom is -0.361 e. The van der Waals surface area contributed by atoms with E-state index in [0.717, 1.165) is 15.0 Å². The lowest BCUT2D eigenvalue weighted by Crippen LogP contribution is -1.72. The smallest absolute Gasteiger partial charge is 0.0569 e. The van der Waals surface area contributed by atoms with Gasteiger partial charge in [-0.25, -0.2) is 0 Å². The van der Waals surface area contributed by atoms with Crippen LogP contribution in [0.15, 0.2) is 22.8 Å². The maximum atomic E-state index is 5.93. The summed E-state index contributed by atoms with van der Waals surface area (Å²) in [7, 11) is 0.